The van der Waals surface area contributed by atoms with Gasteiger partial charge in [0.15, 0.2) is 0 Å². The zero-order chi connectivity index (χ0) is 16.6. The molecule has 126 valence electrons. The maximum absolute atomic E-state index is 5.83. The molecule has 1 aromatic heterocycles. The third-order valence-corrected chi connectivity index (χ3v) is 4.25. The first-order valence-electron chi connectivity index (χ1n) is 8.47. The summed E-state index contributed by atoms with van der Waals surface area (Å²) in [7, 11) is -0.307. The second kappa shape index (κ2) is 8.70. The van der Waals surface area contributed by atoms with Crippen LogP contribution in [0.1, 0.15) is 60.8 Å². The van der Waals surface area contributed by atoms with Gasteiger partial charge in [-0.1, -0.05) is 20.3 Å². The summed E-state index contributed by atoms with van der Waals surface area (Å²) in [5.41, 5.74) is 0.368. The van der Waals surface area contributed by atoms with Gasteiger partial charge in [-0.15, -0.1) is 0 Å². The van der Waals surface area contributed by atoms with Crippen LogP contribution in [0.2, 0.25) is 0 Å². The van der Waals surface area contributed by atoms with Crippen molar-refractivity contribution in [1.82, 2.24) is 15.5 Å². The summed E-state index contributed by atoms with van der Waals surface area (Å²) in [4.78, 5) is 0. The van der Waals surface area contributed by atoms with Crippen LogP contribution < -0.4 is 10.8 Å². The van der Waals surface area contributed by atoms with Crippen molar-refractivity contribution in [3.63, 3.8) is 0 Å². The van der Waals surface area contributed by atoms with Gasteiger partial charge in [-0.2, -0.15) is 5.10 Å². The molecule has 0 bridgehead atoms. The Morgan fingerprint density at radius 1 is 1.00 bits per heavy atom. The highest BCUT2D eigenvalue weighted by molar-refractivity contribution is 6.61. The number of nitrogens with zero attached hydrogens (tertiary/aromatic N) is 1. The van der Waals surface area contributed by atoms with E-state index in [0.717, 1.165) is 5.46 Å². The number of hydrogen-bond acceptors (Lipinski definition) is 4. The van der Waals surface area contributed by atoms with E-state index in [-0.39, 0.29) is 18.3 Å². The summed E-state index contributed by atoms with van der Waals surface area (Å²) in [5.74, 6) is 0. The fourth-order valence-electron chi connectivity index (χ4n) is 2.17. The van der Waals surface area contributed by atoms with E-state index >= 15 is 0 Å². The number of H-pyrrole nitrogens is 1. The standard InChI is InChI=1S/C9H15BN2O2.C5H11N.C2H6/c1-8(2)9(3,4)14-10(13-8)7-5-11-12-6-7;1-2-4-6-5-3-1;1-2/h5-6H,1-4H3,(H,11,12);6H,1-5H2;1-2H3. The molecule has 3 rings (SSSR count). The molecule has 0 aromatic carbocycles. The van der Waals surface area contributed by atoms with Crippen molar-refractivity contribution in [1.29, 1.82) is 0 Å². The van der Waals surface area contributed by atoms with Crippen LogP contribution in [0.15, 0.2) is 12.4 Å². The lowest BCUT2D eigenvalue weighted by Gasteiger charge is -2.32. The van der Waals surface area contributed by atoms with E-state index in [1.54, 1.807) is 12.4 Å². The van der Waals surface area contributed by atoms with Crippen LogP contribution in [-0.2, 0) is 9.31 Å². The van der Waals surface area contributed by atoms with Gasteiger partial charge in [0, 0.05) is 17.9 Å². The van der Waals surface area contributed by atoms with E-state index in [4.69, 9.17) is 9.31 Å². The SMILES string of the molecule is C1CCNCC1.CC.CC1(C)OB(c2cn[nH]c2)OC1(C)C. The van der Waals surface area contributed by atoms with Crippen molar-refractivity contribution in [2.75, 3.05) is 13.1 Å². The second-order valence-electron chi connectivity index (χ2n) is 6.43. The molecule has 0 unspecified atom stereocenters. The number of aromatic amines is 1. The van der Waals surface area contributed by atoms with Crippen LogP contribution in [0.5, 0.6) is 0 Å². The fraction of sp³-hybridized carbons (Fsp3) is 0.812. The molecule has 3 heterocycles. The van der Waals surface area contributed by atoms with E-state index in [1.807, 2.05) is 41.5 Å². The first-order valence-corrected chi connectivity index (χ1v) is 8.47. The van der Waals surface area contributed by atoms with Crippen molar-refractivity contribution in [2.45, 2.75) is 72.0 Å². The van der Waals surface area contributed by atoms with E-state index in [1.165, 1.54) is 32.4 Å². The molecule has 22 heavy (non-hydrogen) atoms. The molecule has 0 amide bonds. The number of nitrogens with one attached hydrogen (secondary N) is 2. The molecular formula is C16H32BN3O2. The molecule has 0 aliphatic carbocycles. The summed E-state index contributed by atoms with van der Waals surface area (Å²) in [6, 6.07) is 0. The van der Waals surface area contributed by atoms with Crippen molar-refractivity contribution >= 4 is 12.6 Å². The lowest BCUT2D eigenvalue weighted by Crippen LogP contribution is -2.41. The van der Waals surface area contributed by atoms with Gasteiger partial charge in [-0.05, 0) is 53.6 Å². The maximum atomic E-state index is 5.83. The third kappa shape index (κ3) is 5.11. The fourth-order valence-corrected chi connectivity index (χ4v) is 2.17. The minimum atomic E-state index is -0.307. The van der Waals surface area contributed by atoms with Crippen LogP contribution in [-0.4, -0.2) is 41.6 Å². The molecule has 2 saturated heterocycles. The lowest BCUT2D eigenvalue weighted by atomic mass is 9.82. The van der Waals surface area contributed by atoms with Crippen molar-refractivity contribution in [2.24, 2.45) is 0 Å². The average molecular weight is 309 g/mol. The van der Waals surface area contributed by atoms with E-state index in [9.17, 15) is 0 Å². The van der Waals surface area contributed by atoms with Crippen LogP contribution in [0.3, 0.4) is 0 Å². The monoisotopic (exact) mass is 309 g/mol. The predicted molar refractivity (Wildman–Crippen MR) is 92.4 cm³/mol. The lowest BCUT2D eigenvalue weighted by molar-refractivity contribution is 0.00578. The van der Waals surface area contributed by atoms with E-state index in [2.05, 4.69) is 15.5 Å². The van der Waals surface area contributed by atoms with Gasteiger partial charge in [0.05, 0.1) is 11.2 Å². The van der Waals surface area contributed by atoms with Gasteiger partial charge in [0.25, 0.3) is 0 Å². The Kier molecular flexibility index (Phi) is 7.59. The molecule has 1 aromatic rings. The Labute approximate surface area is 135 Å². The first-order chi connectivity index (χ1) is 10.4. The normalized spacial score (nSPS) is 22.2. The summed E-state index contributed by atoms with van der Waals surface area (Å²) >= 11 is 0. The van der Waals surface area contributed by atoms with Gasteiger partial charge < -0.3 is 14.6 Å². The number of aromatic nitrogens is 2. The summed E-state index contributed by atoms with van der Waals surface area (Å²) < 4.78 is 11.7. The van der Waals surface area contributed by atoms with Gasteiger partial charge in [-0.3, -0.25) is 5.10 Å². The van der Waals surface area contributed by atoms with Crippen molar-refractivity contribution in [3.8, 4) is 0 Å². The maximum Gasteiger partial charge on any atom is 0.498 e. The van der Waals surface area contributed by atoms with Gasteiger partial charge in [0.1, 0.15) is 0 Å². The summed E-state index contributed by atoms with van der Waals surface area (Å²) in [5, 5.41) is 9.91. The first kappa shape index (κ1) is 19.2. The topological polar surface area (TPSA) is 59.2 Å². The van der Waals surface area contributed by atoms with Crippen molar-refractivity contribution < 1.29 is 9.31 Å². The van der Waals surface area contributed by atoms with E-state index in [0.29, 0.717) is 0 Å². The Morgan fingerprint density at radius 3 is 1.86 bits per heavy atom. The second-order valence-corrected chi connectivity index (χ2v) is 6.43. The van der Waals surface area contributed by atoms with E-state index < -0.39 is 0 Å². The molecule has 0 atom stereocenters. The highest BCUT2D eigenvalue weighted by Gasteiger charge is 2.51. The summed E-state index contributed by atoms with van der Waals surface area (Å²) in [6.07, 6.45) is 7.73. The van der Waals surface area contributed by atoms with Crippen LogP contribution in [0, 0.1) is 0 Å². The van der Waals surface area contributed by atoms with Gasteiger partial charge >= 0.3 is 7.12 Å². The number of rotatable bonds is 1. The minimum Gasteiger partial charge on any atom is -0.399 e. The van der Waals surface area contributed by atoms with Crippen LogP contribution >= 0.6 is 0 Å². The molecular weight excluding hydrogens is 277 g/mol. The molecule has 2 fully saturated rings. The van der Waals surface area contributed by atoms with Gasteiger partial charge in [0.2, 0.25) is 0 Å². The highest BCUT2D eigenvalue weighted by atomic mass is 16.7. The smallest absolute Gasteiger partial charge is 0.399 e. The molecule has 0 saturated carbocycles. The Hall–Kier alpha value is -0.845. The van der Waals surface area contributed by atoms with Gasteiger partial charge in [-0.25, -0.2) is 0 Å². The molecule has 2 aliphatic rings. The molecule has 0 radical (unpaired) electrons. The third-order valence-electron chi connectivity index (χ3n) is 4.25. The number of hydrogen-bond donors (Lipinski definition) is 2. The Balaban J connectivity index is 0.000000253. The van der Waals surface area contributed by atoms with Crippen LogP contribution in [0.4, 0.5) is 0 Å². The Bertz CT molecular complexity index is 376. The average Bonchev–Trinajstić information content (AvgIpc) is 3.11. The predicted octanol–water partition coefficient (Wildman–Crippen LogP) is 2.50. The van der Waals surface area contributed by atoms with Crippen LogP contribution in [0.25, 0.3) is 0 Å². The molecule has 5 nitrogen and oxygen atoms in total. The quantitative estimate of drug-likeness (QED) is 0.783. The zero-order valence-electron chi connectivity index (χ0n) is 15.0. The molecule has 2 aliphatic heterocycles. The summed E-state index contributed by atoms with van der Waals surface area (Å²) in [6.45, 7) is 14.6. The molecule has 2 N–H and O–H groups in total. The number of piperidine rings is 1. The van der Waals surface area contributed by atoms with Crippen molar-refractivity contribution in [3.05, 3.63) is 12.4 Å². The molecule has 6 heteroatoms. The Morgan fingerprint density at radius 2 is 1.55 bits per heavy atom. The highest BCUT2D eigenvalue weighted by Crippen LogP contribution is 2.36. The largest absolute Gasteiger partial charge is 0.498 e. The zero-order valence-corrected chi connectivity index (χ0v) is 15.0. The minimum absolute atomic E-state index is 0.283. The molecule has 0 spiro atoms.